The maximum atomic E-state index is 12.7. The Balaban J connectivity index is 4.45. The minimum atomic E-state index is -0.802. The van der Waals surface area contributed by atoms with Gasteiger partial charge in [-0.15, -0.1) is 0 Å². The summed E-state index contributed by atoms with van der Waals surface area (Å²) in [7, 11) is 0. The van der Waals surface area contributed by atoms with Crippen molar-refractivity contribution in [2.24, 2.45) is 0 Å². The van der Waals surface area contributed by atoms with Crippen LogP contribution >= 0.6 is 0 Å². The van der Waals surface area contributed by atoms with E-state index in [1.807, 2.05) is 0 Å². The van der Waals surface area contributed by atoms with E-state index in [0.29, 0.717) is 19.3 Å². The van der Waals surface area contributed by atoms with E-state index >= 15 is 0 Å². The number of rotatable bonds is 40. The third-order valence-electron chi connectivity index (χ3n) is 9.48. The number of ether oxygens (including phenoxy) is 3. The first-order valence-electron chi connectivity index (χ1n) is 23.1. The Hall–Kier alpha value is -3.41. The number of hydrogen-bond acceptors (Lipinski definition) is 6. The molecule has 1 atom stereocenters. The van der Waals surface area contributed by atoms with Gasteiger partial charge in [0.1, 0.15) is 13.2 Å². The van der Waals surface area contributed by atoms with Gasteiger partial charge in [-0.05, 0) is 77.0 Å². The molecule has 0 aliphatic heterocycles. The fraction of sp³-hybridized carbons (Fsp3) is 0.667. The molecule has 6 heteroatoms. The van der Waals surface area contributed by atoms with Crippen molar-refractivity contribution in [2.45, 2.75) is 207 Å². The molecular formula is C51H84O6. The maximum Gasteiger partial charge on any atom is 0.306 e. The standard InChI is InChI=1S/C51H84O6/c1-4-7-10-13-16-19-21-23-24-25-26-27-28-30-32-35-38-41-44-50(53)56-47-48(46-55-49(52)43-40-37-34-31-18-15-12-9-6-3)57-51(54)45-42-39-36-33-29-22-20-17-14-11-8-5-2/h8,11,16-17,19-21,23-27,29,33,48H,4-7,9-10,12-15,18,22,28,30-32,34-47H2,1-3H3/b11-8-,19-16-,20-17-,23-21-,25-24-,27-26-,33-29-. The fourth-order valence-corrected chi connectivity index (χ4v) is 6.00. The summed E-state index contributed by atoms with van der Waals surface area (Å²) in [6, 6.07) is 0. The Morgan fingerprint density at radius 2 is 0.754 bits per heavy atom. The zero-order chi connectivity index (χ0) is 41.5. The number of esters is 3. The molecule has 0 radical (unpaired) electrons. The molecule has 0 N–H and O–H groups in total. The lowest BCUT2D eigenvalue weighted by Gasteiger charge is -2.18. The summed E-state index contributed by atoms with van der Waals surface area (Å²) in [4.78, 5) is 37.7. The molecule has 0 amide bonds. The third-order valence-corrected chi connectivity index (χ3v) is 9.48. The zero-order valence-corrected chi connectivity index (χ0v) is 36.8. The molecule has 0 aromatic rings. The van der Waals surface area contributed by atoms with Gasteiger partial charge >= 0.3 is 17.9 Å². The van der Waals surface area contributed by atoms with Crippen LogP contribution in [0.3, 0.4) is 0 Å². The van der Waals surface area contributed by atoms with Crippen molar-refractivity contribution in [3.8, 4) is 0 Å². The molecule has 0 rings (SSSR count). The van der Waals surface area contributed by atoms with E-state index in [0.717, 1.165) is 96.3 Å². The molecule has 1 unspecified atom stereocenters. The molecular weight excluding hydrogens is 709 g/mol. The van der Waals surface area contributed by atoms with Crippen molar-refractivity contribution in [2.75, 3.05) is 13.2 Å². The van der Waals surface area contributed by atoms with E-state index < -0.39 is 6.10 Å². The van der Waals surface area contributed by atoms with Crippen molar-refractivity contribution >= 4 is 17.9 Å². The van der Waals surface area contributed by atoms with Gasteiger partial charge in [0.05, 0.1) is 0 Å². The van der Waals surface area contributed by atoms with Crippen LogP contribution in [0.4, 0.5) is 0 Å². The van der Waals surface area contributed by atoms with E-state index in [9.17, 15) is 14.4 Å². The second-order valence-electron chi connectivity index (χ2n) is 15.0. The van der Waals surface area contributed by atoms with Gasteiger partial charge in [0, 0.05) is 19.3 Å². The molecule has 0 aliphatic carbocycles. The summed E-state index contributed by atoms with van der Waals surface area (Å²) >= 11 is 0. The maximum absolute atomic E-state index is 12.7. The van der Waals surface area contributed by atoms with Gasteiger partial charge in [0.2, 0.25) is 0 Å². The summed E-state index contributed by atoms with van der Waals surface area (Å²) in [5.74, 6) is -0.974. The molecule has 0 saturated heterocycles. The predicted molar refractivity (Wildman–Crippen MR) is 242 cm³/mol. The van der Waals surface area contributed by atoms with Gasteiger partial charge < -0.3 is 14.2 Å². The van der Waals surface area contributed by atoms with Crippen LogP contribution in [0.1, 0.15) is 201 Å². The van der Waals surface area contributed by atoms with Crippen LogP contribution in [-0.4, -0.2) is 37.2 Å². The van der Waals surface area contributed by atoms with E-state index in [-0.39, 0.29) is 37.5 Å². The van der Waals surface area contributed by atoms with Crippen molar-refractivity contribution in [1.29, 1.82) is 0 Å². The molecule has 6 nitrogen and oxygen atoms in total. The molecule has 0 aromatic carbocycles. The first-order chi connectivity index (χ1) is 28.0. The van der Waals surface area contributed by atoms with Gasteiger partial charge in [0.15, 0.2) is 6.10 Å². The SMILES string of the molecule is CC/C=C\C/C=C\C/C=C\CCCCC(=O)OC(COC(=O)CCCCCCC\C=C/C=C\C=C/C=C\CCCCC)COC(=O)CCCCCCCCCCC. The topological polar surface area (TPSA) is 78.9 Å². The Kier molecular flexibility index (Phi) is 42.6. The van der Waals surface area contributed by atoms with Crippen LogP contribution in [0.2, 0.25) is 0 Å². The molecule has 0 saturated carbocycles. The van der Waals surface area contributed by atoms with E-state index in [2.05, 4.69) is 106 Å². The summed E-state index contributed by atoms with van der Waals surface area (Å²) < 4.78 is 16.6. The Bertz CT molecular complexity index is 1140. The van der Waals surface area contributed by atoms with Crippen molar-refractivity contribution < 1.29 is 28.6 Å². The zero-order valence-electron chi connectivity index (χ0n) is 36.8. The van der Waals surface area contributed by atoms with Gasteiger partial charge in [-0.1, -0.05) is 189 Å². The lowest BCUT2D eigenvalue weighted by Crippen LogP contribution is -2.30. The number of carbonyl (C=O) groups excluding carboxylic acids is 3. The second kappa shape index (κ2) is 45.3. The Morgan fingerprint density at radius 1 is 0.386 bits per heavy atom. The Morgan fingerprint density at radius 3 is 1.30 bits per heavy atom. The highest BCUT2D eigenvalue weighted by Crippen LogP contribution is 2.13. The van der Waals surface area contributed by atoms with E-state index in [1.165, 1.54) is 57.8 Å². The van der Waals surface area contributed by atoms with Crippen LogP contribution in [0.5, 0.6) is 0 Å². The van der Waals surface area contributed by atoms with E-state index in [1.54, 1.807) is 0 Å². The molecule has 57 heavy (non-hydrogen) atoms. The lowest BCUT2D eigenvalue weighted by atomic mass is 10.1. The summed E-state index contributed by atoms with van der Waals surface area (Å²) in [5.41, 5.74) is 0. The largest absolute Gasteiger partial charge is 0.462 e. The monoisotopic (exact) mass is 793 g/mol. The normalized spacial score (nSPS) is 12.8. The number of carbonyl (C=O) groups is 3. The predicted octanol–water partition coefficient (Wildman–Crippen LogP) is 14.9. The summed E-state index contributed by atoms with van der Waals surface area (Å²) in [6.45, 7) is 6.38. The van der Waals surface area contributed by atoms with Crippen molar-refractivity contribution in [1.82, 2.24) is 0 Å². The first kappa shape index (κ1) is 53.6. The molecule has 0 aromatic heterocycles. The summed E-state index contributed by atoms with van der Waals surface area (Å²) in [5, 5.41) is 0. The molecule has 324 valence electrons. The molecule has 0 fully saturated rings. The fourth-order valence-electron chi connectivity index (χ4n) is 6.00. The van der Waals surface area contributed by atoms with Crippen LogP contribution < -0.4 is 0 Å². The van der Waals surface area contributed by atoms with Gasteiger partial charge in [-0.25, -0.2) is 0 Å². The van der Waals surface area contributed by atoms with Crippen LogP contribution in [0.25, 0.3) is 0 Å². The third kappa shape index (κ3) is 43.6. The number of unbranched alkanes of at least 4 members (excludes halogenated alkanes) is 18. The first-order valence-corrected chi connectivity index (χ1v) is 23.1. The molecule has 0 heterocycles. The van der Waals surface area contributed by atoms with Gasteiger partial charge in [-0.3, -0.25) is 14.4 Å². The number of hydrogen-bond donors (Lipinski definition) is 0. The molecule has 0 bridgehead atoms. The van der Waals surface area contributed by atoms with Gasteiger partial charge in [0.25, 0.3) is 0 Å². The minimum Gasteiger partial charge on any atom is -0.462 e. The quantitative estimate of drug-likeness (QED) is 0.0202. The Labute approximate surface area is 350 Å². The van der Waals surface area contributed by atoms with Gasteiger partial charge in [-0.2, -0.15) is 0 Å². The average Bonchev–Trinajstić information content (AvgIpc) is 3.21. The van der Waals surface area contributed by atoms with Crippen LogP contribution in [0, 0.1) is 0 Å². The summed E-state index contributed by atoms with van der Waals surface area (Å²) in [6.07, 6.45) is 57.1. The van der Waals surface area contributed by atoms with Crippen LogP contribution in [-0.2, 0) is 28.6 Å². The minimum absolute atomic E-state index is 0.1000. The van der Waals surface area contributed by atoms with E-state index in [4.69, 9.17) is 14.2 Å². The number of allylic oxidation sites excluding steroid dienone is 14. The van der Waals surface area contributed by atoms with Crippen molar-refractivity contribution in [3.63, 3.8) is 0 Å². The highest BCUT2D eigenvalue weighted by molar-refractivity contribution is 5.71. The molecule has 0 aliphatic rings. The lowest BCUT2D eigenvalue weighted by molar-refractivity contribution is -0.167. The highest BCUT2D eigenvalue weighted by Gasteiger charge is 2.19. The van der Waals surface area contributed by atoms with Crippen molar-refractivity contribution in [3.05, 3.63) is 85.1 Å². The van der Waals surface area contributed by atoms with Crippen LogP contribution in [0.15, 0.2) is 85.1 Å². The molecule has 0 spiro atoms. The highest BCUT2D eigenvalue weighted by atomic mass is 16.6. The second-order valence-corrected chi connectivity index (χ2v) is 15.0. The smallest absolute Gasteiger partial charge is 0.306 e. The average molecular weight is 793 g/mol.